The fourth-order valence-electron chi connectivity index (χ4n) is 2.45. The first kappa shape index (κ1) is 18.6. The van der Waals surface area contributed by atoms with Crippen molar-refractivity contribution in [2.75, 3.05) is 16.6 Å². The molecule has 1 atom stereocenters. The van der Waals surface area contributed by atoms with Crippen LogP contribution < -0.4 is 10.0 Å². The van der Waals surface area contributed by atoms with Crippen molar-refractivity contribution < 1.29 is 22.7 Å². The molecule has 1 fully saturated rings. The number of nitrogens with one attached hydrogen (secondary N) is 2. The van der Waals surface area contributed by atoms with E-state index in [-0.39, 0.29) is 10.9 Å². The highest BCUT2D eigenvalue weighted by molar-refractivity contribution is 7.93. The largest absolute Gasteiger partial charge is 0.432 e. The average molecular weight is 397 g/mol. The molecule has 10 heteroatoms. The molecule has 0 aliphatic carbocycles. The maximum absolute atomic E-state index is 12.3. The molecule has 3 rings (SSSR count). The Morgan fingerprint density at radius 2 is 2.00 bits per heavy atom. The van der Waals surface area contributed by atoms with Crippen LogP contribution in [0.1, 0.15) is 20.3 Å². The Labute approximate surface area is 155 Å². The zero-order valence-electron chi connectivity index (χ0n) is 14.3. The molecule has 0 spiro atoms. The lowest BCUT2D eigenvalue weighted by Crippen LogP contribution is -2.23. The second kappa shape index (κ2) is 7.22. The summed E-state index contributed by atoms with van der Waals surface area (Å²) in [5.74, 6) is -1.26. The van der Waals surface area contributed by atoms with Gasteiger partial charge in [0.1, 0.15) is 0 Å². The zero-order chi connectivity index (χ0) is 18.8. The molecule has 8 nitrogen and oxygen atoms in total. The predicted octanol–water partition coefficient (Wildman–Crippen LogP) is 2.42. The van der Waals surface area contributed by atoms with Crippen LogP contribution in [0.15, 0.2) is 40.7 Å². The van der Waals surface area contributed by atoms with Gasteiger partial charge in [0, 0.05) is 44.1 Å². The number of anilines is 2. The number of hydrogen-bond acceptors (Lipinski definition) is 8. The van der Waals surface area contributed by atoms with E-state index in [9.17, 15) is 13.2 Å². The fraction of sp³-hybridized carbons (Fsp3) is 0.375. The molecular weight excluding hydrogens is 378 g/mol. The second-order valence-corrected chi connectivity index (χ2v) is 8.69. The van der Waals surface area contributed by atoms with Crippen LogP contribution in [0.4, 0.5) is 10.8 Å². The summed E-state index contributed by atoms with van der Waals surface area (Å²) in [6, 6.07) is 6.33. The van der Waals surface area contributed by atoms with Gasteiger partial charge in [0.15, 0.2) is 11.2 Å². The van der Waals surface area contributed by atoms with Crippen molar-refractivity contribution in [2.24, 2.45) is 0 Å². The zero-order valence-corrected chi connectivity index (χ0v) is 15.9. The number of ether oxygens (including phenoxy) is 2. The summed E-state index contributed by atoms with van der Waals surface area (Å²) in [5.41, 5.74) is 0.740. The quantitative estimate of drug-likeness (QED) is 0.691. The SMILES string of the molecule is CC1(C)OC(=O)C(CCNc2ccc(S(=O)(=O)Nc3nccs3)cc2)O1. The van der Waals surface area contributed by atoms with Crippen LogP contribution in [0, 0.1) is 0 Å². The molecule has 0 amide bonds. The number of hydrogen-bond donors (Lipinski definition) is 2. The molecule has 0 saturated carbocycles. The minimum absolute atomic E-state index is 0.141. The third-order valence-electron chi connectivity index (χ3n) is 3.59. The summed E-state index contributed by atoms with van der Waals surface area (Å²) in [7, 11) is -3.66. The van der Waals surface area contributed by atoms with E-state index in [0.29, 0.717) is 18.1 Å². The average Bonchev–Trinajstić information content (AvgIpc) is 3.14. The van der Waals surface area contributed by atoms with Crippen molar-refractivity contribution in [3.63, 3.8) is 0 Å². The molecular formula is C16H19N3O5S2. The van der Waals surface area contributed by atoms with Gasteiger partial charge < -0.3 is 14.8 Å². The molecule has 1 unspecified atom stereocenters. The highest BCUT2D eigenvalue weighted by Gasteiger charge is 2.40. The second-order valence-electron chi connectivity index (χ2n) is 6.11. The standard InChI is InChI=1S/C16H19N3O5S2/c1-16(2)23-13(14(20)24-16)7-8-17-11-3-5-12(6-4-11)26(21,22)19-15-18-9-10-25-15/h3-6,9-10,13,17H,7-8H2,1-2H3,(H,18,19). The minimum Gasteiger partial charge on any atom is -0.432 e. The van der Waals surface area contributed by atoms with Gasteiger partial charge in [-0.2, -0.15) is 0 Å². The number of carbonyl (C=O) groups excluding carboxylic acids is 1. The van der Waals surface area contributed by atoms with Crippen molar-refractivity contribution in [3.8, 4) is 0 Å². The van der Waals surface area contributed by atoms with E-state index in [1.165, 1.54) is 29.7 Å². The lowest BCUT2D eigenvalue weighted by Gasteiger charge is -2.15. The van der Waals surface area contributed by atoms with E-state index in [1.807, 2.05) is 0 Å². The lowest BCUT2D eigenvalue weighted by atomic mass is 10.2. The number of benzene rings is 1. The molecule has 1 aliphatic rings. The van der Waals surface area contributed by atoms with Gasteiger partial charge in [0.25, 0.3) is 10.0 Å². The van der Waals surface area contributed by atoms with Crippen LogP contribution in [0.2, 0.25) is 0 Å². The lowest BCUT2D eigenvalue weighted by molar-refractivity contribution is -0.160. The molecule has 1 aliphatic heterocycles. The summed E-state index contributed by atoms with van der Waals surface area (Å²) >= 11 is 1.21. The van der Waals surface area contributed by atoms with Crippen molar-refractivity contribution in [1.82, 2.24) is 4.98 Å². The van der Waals surface area contributed by atoms with Crippen LogP contribution in [0.5, 0.6) is 0 Å². The van der Waals surface area contributed by atoms with Crippen molar-refractivity contribution >= 4 is 38.1 Å². The van der Waals surface area contributed by atoms with Crippen molar-refractivity contribution in [3.05, 3.63) is 35.8 Å². The summed E-state index contributed by atoms with van der Waals surface area (Å²) in [4.78, 5) is 15.7. The molecule has 2 aromatic rings. The first-order valence-corrected chi connectivity index (χ1v) is 10.3. The van der Waals surface area contributed by atoms with Gasteiger partial charge in [-0.05, 0) is 24.3 Å². The summed E-state index contributed by atoms with van der Waals surface area (Å²) in [6.07, 6.45) is 1.38. The summed E-state index contributed by atoms with van der Waals surface area (Å²) in [6.45, 7) is 3.87. The third kappa shape index (κ3) is 4.51. The van der Waals surface area contributed by atoms with Crippen molar-refractivity contribution in [1.29, 1.82) is 0 Å². The van der Waals surface area contributed by atoms with Crippen LogP contribution in [-0.2, 0) is 24.3 Å². The van der Waals surface area contributed by atoms with E-state index in [4.69, 9.17) is 9.47 Å². The van der Waals surface area contributed by atoms with Gasteiger partial charge in [-0.1, -0.05) is 0 Å². The van der Waals surface area contributed by atoms with E-state index in [0.717, 1.165) is 5.69 Å². The number of sulfonamides is 1. The molecule has 1 saturated heterocycles. The first-order chi connectivity index (χ1) is 12.3. The monoisotopic (exact) mass is 397 g/mol. The summed E-state index contributed by atoms with van der Waals surface area (Å²) in [5, 5.41) is 5.14. The first-order valence-electron chi connectivity index (χ1n) is 7.92. The highest BCUT2D eigenvalue weighted by atomic mass is 32.2. The molecule has 2 N–H and O–H groups in total. The van der Waals surface area contributed by atoms with Crippen LogP contribution in [0.25, 0.3) is 0 Å². The van der Waals surface area contributed by atoms with E-state index in [2.05, 4.69) is 15.0 Å². The number of cyclic esters (lactones) is 1. The Morgan fingerprint density at radius 3 is 2.58 bits per heavy atom. The fourth-order valence-corrected chi connectivity index (χ4v) is 4.24. The minimum atomic E-state index is -3.66. The number of rotatable bonds is 7. The topological polar surface area (TPSA) is 107 Å². The van der Waals surface area contributed by atoms with Crippen LogP contribution in [-0.4, -0.2) is 37.8 Å². The maximum atomic E-state index is 12.3. The molecule has 0 radical (unpaired) electrons. The Morgan fingerprint density at radius 1 is 1.27 bits per heavy atom. The molecule has 0 bridgehead atoms. The van der Waals surface area contributed by atoms with Gasteiger partial charge in [-0.3, -0.25) is 4.72 Å². The molecule has 2 heterocycles. The summed E-state index contributed by atoms with van der Waals surface area (Å²) < 4.78 is 37.5. The highest BCUT2D eigenvalue weighted by Crippen LogP contribution is 2.25. The normalized spacial score (nSPS) is 19.2. The number of nitrogens with zero attached hydrogens (tertiary/aromatic N) is 1. The molecule has 1 aromatic carbocycles. The van der Waals surface area contributed by atoms with E-state index < -0.39 is 21.9 Å². The van der Waals surface area contributed by atoms with Crippen molar-refractivity contribution in [2.45, 2.75) is 37.1 Å². The number of thiazole rings is 1. The Hall–Kier alpha value is -2.17. The van der Waals surface area contributed by atoms with Gasteiger partial charge in [-0.15, -0.1) is 11.3 Å². The smallest absolute Gasteiger partial charge is 0.337 e. The molecule has 140 valence electrons. The van der Waals surface area contributed by atoms with Crippen LogP contribution >= 0.6 is 11.3 Å². The maximum Gasteiger partial charge on any atom is 0.337 e. The number of carbonyl (C=O) groups is 1. The van der Waals surface area contributed by atoms with E-state index in [1.54, 1.807) is 31.4 Å². The molecule has 26 heavy (non-hydrogen) atoms. The predicted molar refractivity (Wildman–Crippen MR) is 97.5 cm³/mol. The Bertz CT molecular complexity index is 864. The van der Waals surface area contributed by atoms with Gasteiger partial charge >= 0.3 is 5.97 Å². The van der Waals surface area contributed by atoms with Gasteiger partial charge in [-0.25, -0.2) is 18.2 Å². The number of aromatic nitrogens is 1. The molecule has 1 aromatic heterocycles. The Balaban J connectivity index is 1.54. The third-order valence-corrected chi connectivity index (χ3v) is 5.76. The van der Waals surface area contributed by atoms with Crippen LogP contribution in [0.3, 0.4) is 0 Å². The van der Waals surface area contributed by atoms with Gasteiger partial charge in [0.2, 0.25) is 5.79 Å². The Kier molecular flexibility index (Phi) is 5.17. The number of esters is 1. The van der Waals surface area contributed by atoms with E-state index >= 15 is 0 Å². The van der Waals surface area contributed by atoms with Gasteiger partial charge in [0.05, 0.1) is 4.90 Å².